The average molecular weight is 346 g/mol. The van der Waals surface area contributed by atoms with Crippen LogP contribution in [0.1, 0.15) is 38.7 Å². The molecule has 1 unspecified atom stereocenters. The van der Waals surface area contributed by atoms with Gasteiger partial charge in [-0.3, -0.25) is 9.80 Å². The zero-order valence-corrected chi connectivity index (χ0v) is 16.0. The third kappa shape index (κ3) is 4.96. The standard InChI is InChI=1S/C21H35N3O/c1-3-10-22-13-15-24(16-14-22)21-7-5-4-6-20(21)17-23-11-8-19(9-12-23)18(2)25/h4-7,18-19,25H,3,8-17H2,1-2H3. The molecule has 0 bridgehead atoms. The molecule has 4 nitrogen and oxygen atoms in total. The lowest BCUT2D eigenvalue weighted by atomic mass is 9.92. The molecule has 4 heteroatoms. The highest BCUT2D eigenvalue weighted by atomic mass is 16.3. The van der Waals surface area contributed by atoms with E-state index < -0.39 is 0 Å². The first-order chi connectivity index (χ1) is 12.2. The van der Waals surface area contributed by atoms with Gasteiger partial charge in [0.1, 0.15) is 0 Å². The van der Waals surface area contributed by atoms with Gasteiger partial charge in [-0.25, -0.2) is 0 Å². The van der Waals surface area contributed by atoms with Gasteiger partial charge in [0.2, 0.25) is 0 Å². The molecule has 0 spiro atoms. The molecule has 1 aromatic carbocycles. The summed E-state index contributed by atoms with van der Waals surface area (Å²) in [7, 11) is 0. The molecule has 3 rings (SSSR count). The summed E-state index contributed by atoms with van der Waals surface area (Å²) in [6.07, 6.45) is 3.33. The number of piperidine rings is 1. The first-order valence-corrected chi connectivity index (χ1v) is 10.1. The molecule has 0 amide bonds. The first kappa shape index (κ1) is 18.7. The minimum atomic E-state index is -0.158. The van der Waals surface area contributed by atoms with E-state index in [-0.39, 0.29) is 6.10 Å². The summed E-state index contributed by atoms with van der Waals surface area (Å²) in [5, 5.41) is 9.80. The van der Waals surface area contributed by atoms with E-state index in [4.69, 9.17) is 0 Å². The summed E-state index contributed by atoms with van der Waals surface area (Å²) in [4.78, 5) is 7.72. The number of piperazine rings is 1. The number of aliphatic hydroxyl groups excluding tert-OH is 1. The summed E-state index contributed by atoms with van der Waals surface area (Å²) in [6.45, 7) is 13.3. The smallest absolute Gasteiger partial charge is 0.0541 e. The van der Waals surface area contributed by atoms with Crippen LogP contribution in [0, 0.1) is 5.92 Å². The summed E-state index contributed by atoms with van der Waals surface area (Å²) in [6, 6.07) is 8.95. The van der Waals surface area contributed by atoms with Crippen LogP contribution >= 0.6 is 0 Å². The SMILES string of the molecule is CCCN1CCN(c2ccccc2CN2CCC(C(C)O)CC2)CC1. The quantitative estimate of drug-likeness (QED) is 0.859. The Morgan fingerprint density at radius 3 is 2.32 bits per heavy atom. The first-order valence-electron chi connectivity index (χ1n) is 10.1. The van der Waals surface area contributed by atoms with Crippen LogP contribution in [0.4, 0.5) is 5.69 Å². The van der Waals surface area contributed by atoms with Gasteiger partial charge in [0.05, 0.1) is 6.10 Å². The molecule has 140 valence electrons. The van der Waals surface area contributed by atoms with Crippen molar-refractivity contribution < 1.29 is 5.11 Å². The van der Waals surface area contributed by atoms with E-state index in [1.807, 2.05) is 6.92 Å². The lowest BCUT2D eigenvalue weighted by Gasteiger charge is -2.38. The number of rotatable bonds is 6. The fraction of sp³-hybridized carbons (Fsp3) is 0.714. The van der Waals surface area contributed by atoms with Crippen molar-refractivity contribution in [3.8, 4) is 0 Å². The van der Waals surface area contributed by atoms with E-state index in [9.17, 15) is 5.11 Å². The van der Waals surface area contributed by atoms with Crippen molar-refractivity contribution in [3.63, 3.8) is 0 Å². The summed E-state index contributed by atoms with van der Waals surface area (Å²) in [5.41, 5.74) is 2.89. The van der Waals surface area contributed by atoms with Crippen molar-refractivity contribution in [2.24, 2.45) is 5.92 Å². The molecule has 2 fully saturated rings. The zero-order chi connectivity index (χ0) is 17.6. The van der Waals surface area contributed by atoms with Crippen LogP contribution in [0.2, 0.25) is 0 Å². The molecular formula is C21H35N3O. The van der Waals surface area contributed by atoms with E-state index in [2.05, 4.69) is 45.9 Å². The van der Waals surface area contributed by atoms with Crippen LogP contribution in [0.3, 0.4) is 0 Å². The van der Waals surface area contributed by atoms with Gasteiger partial charge in [-0.15, -0.1) is 0 Å². The fourth-order valence-corrected chi connectivity index (χ4v) is 4.32. The Morgan fingerprint density at radius 2 is 1.68 bits per heavy atom. The molecule has 2 saturated heterocycles. The summed E-state index contributed by atoms with van der Waals surface area (Å²) >= 11 is 0. The molecule has 0 saturated carbocycles. The van der Waals surface area contributed by atoms with Gasteiger partial charge in [-0.05, 0) is 63.4 Å². The topological polar surface area (TPSA) is 30.0 Å². The van der Waals surface area contributed by atoms with Crippen molar-refractivity contribution in [2.75, 3.05) is 50.7 Å². The van der Waals surface area contributed by atoms with Crippen LogP contribution in [0.25, 0.3) is 0 Å². The average Bonchev–Trinajstić information content (AvgIpc) is 2.64. The number of hydrogen-bond donors (Lipinski definition) is 1. The Bertz CT molecular complexity index is 518. The number of benzene rings is 1. The van der Waals surface area contributed by atoms with Crippen molar-refractivity contribution in [3.05, 3.63) is 29.8 Å². The van der Waals surface area contributed by atoms with E-state index in [0.717, 1.165) is 45.6 Å². The van der Waals surface area contributed by atoms with Gasteiger partial charge in [0.25, 0.3) is 0 Å². The lowest BCUT2D eigenvalue weighted by molar-refractivity contribution is 0.0695. The van der Waals surface area contributed by atoms with Crippen molar-refractivity contribution in [2.45, 2.75) is 45.8 Å². The molecule has 25 heavy (non-hydrogen) atoms. The van der Waals surface area contributed by atoms with Gasteiger partial charge in [0, 0.05) is 38.4 Å². The molecule has 2 aliphatic heterocycles. The third-order valence-corrected chi connectivity index (χ3v) is 5.95. The normalized spacial score (nSPS) is 22.3. The number of nitrogens with zero attached hydrogens (tertiary/aromatic N) is 3. The molecule has 1 N–H and O–H groups in total. The van der Waals surface area contributed by atoms with Gasteiger partial charge >= 0.3 is 0 Å². The highest BCUT2D eigenvalue weighted by molar-refractivity contribution is 5.54. The highest BCUT2D eigenvalue weighted by Crippen LogP contribution is 2.26. The summed E-state index contributed by atoms with van der Waals surface area (Å²) in [5.74, 6) is 0.484. The van der Waals surface area contributed by atoms with Crippen LogP contribution in [-0.4, -0.2) is 66.8 Å². The van der Waals surface area contributed by atoms with Crippen molar-refractivity contribution in [1.29, 1.82) is 0 Å². The molecule has 0 radical (unpaired) electrons. The maximum Gasteiger partial charge on any atom is 0.0541 e. The van der Waals surface area contributed by atoms with Crippen LogP contribution in [-0.2, 0) is 6.54 Å². The minimum absolute atomic E-state index is 0.158. The predicted octanol–water partition coefficient (Wildman–Crippen LogP) is 2.81. The van der Waals surface area contributed by atoms with E-state index >= 15 is 0 Å². The Labute approximate surface area is 153 Å². The van der Waals surface area contributed by atoms with E-state index in [1.54, 1.807) is 0 Å². The number of anilines is 1. The third-order valence-electron chi connectivity index (χ3n) is 5.95. The zero-order valence-electron chi connectivity index (χ0n) is 16.0. The highest BCUT2D eigenvalue weighted by Gasteiger charge is 2.24. The second-order valence-electron chi connectivity index (χ2n) is 7.81. The van der Waals surface area contributed by atoms with Crippen molar-refractivity contribution >= 4 is 5.69 Å². The maximum atomic E-state index is 9.80. The van der Waals surface area contributed by atoms with Gasteiger partial charge < -0.3 is 10.0 Å². The Morgan fingerprint density at radius 1 is 1.00 bits per heavy atom. The van der Waals surface area contributed by atoms with Gasteiger partial charge in [0.15, 0.2) is 0 Å². The second kappa shape index (κ2) is 9.02. The molecule has 1 atom stereocenters. The molecular weight excluding hydrogens is 310 g/mol. The number of likely N-dealkylation sites (tertiary alicyclic amines) is 1. The Balaban J connectivity index is 1.58. The number of hydrogen-bond acceptors (Lipinski definition) is 4. The largest absolute Gasteiger partial charge is 0.393 e. The predicted molar refractivity (Wildman–Crippen MR) is 105 cm³/mol. The second-order valence-corrected chi connectivity index (χ2v) is 7.81. The van der Waals surface area contributed by atoms with Gasteiger partial charge in [-0.1, -0.05) is 25.1 Å². The lowest BCUT2D eigenvalue weighted by Crippen LogP contribution is -2.47. The Hall–Kier alpha value is -1.10. The van der Waals surface area contributed by atoms with E-state index in [1.165, 1.54) is 37.3 Å². The molecule has 0 aromatic heterocycles. The van der Waals surface area contributed by atoms with Crippen LogP contribution in [0.5, 0.6) is 0 Å². The number of para-hydroxylation sites is 1. The van der Waals surface area contributed by atoms with E-state index in [0.29, 0.717) is 5.92 Å². The van der Waals surface area contributed by atoms with Gasteiger partial charge in [-0.2, -0.15) is 0 Å². The number of aliphatic hydroxyl groups is 1. The molecule has 0 aliphatic carbocycles. The molecule has 1 aromatic rings. The van der Waals surface area contributed by atoms with Crippen LogP contribution in [0.15, 0.2) is 24.3 Å². The monoisotopic (exact) mass is 345 g/mol. The van der Waals surface area contributed by atoms with Crippen molar-refractivity contribution in [1.82, 2.24) is 9.80 Å². The fourth-order valence-electron chi connectivity index (χ4n) is 4.32. The minimum Gasteiger partial charge on any atom is -0.393 e. The van der Waals surface area contributed by atoms with Crippen LogP contribution < -0.4 is 4.90 Å². The molecule has 2 aliphatic rings. The maximum absolute atomic E-state index is 9.80. The summed E-state index contributed by atoms with van der Waals surface area (Å²) < 4.78 is 0. The Kier molecular flexibility index (Phi) is 6.74. The molecule has 2 heterocycles.